The molecular formula is C17H20N4O4. The number of hydrogen-bond donors (Lipinski definition) is 3. The lowest BCUT2D eigenvalue weighted by atomic mass is 10.0. The summed E-state index contributed by atoms with van der Waals surface area (Å²) in [6.45, 7) is 1.88. The van der Waals surface area contributed by atoms with E-state index in [-0.39, 0.29) is 24.4 Å². The van der Waals surface area contributed by atoms with E-state index >= 15 is 0 Å². The quantitative estimate of drug-likeness (QED) is 0.784. The van der Waals surface area contributed by atoms with Gasteiger partial charge in [-0.25, -0.2) is 9.59 Å². The van der Waals surface area contributed by atoms with Gasteiger partial charge in [-0.1, -0.05) is 25.1 Å². The highest BCUT2D eigenvalue weighted by atomic mass is 16.5. The minimum atomic E-state index is -0.520. The number of carbonyl (C=O) groups is 1. The molecule has 2 unspecified atom stereocenters. The van der Waals surface area contributed by atoms with Gasteiger partial charge < -0.3 is 15.2 Å². The third-order valence-electron chi connectivity index (χ3n) is 4.13. The maximum Gasteiger partial charge on any atom is 0.351 e. The smallest absolute Gasteiger partial charge is 0.351 e. The Morgan fingerprint density at radius 3 is 2.72 bits per heavy atom. The molecule has 3 N–H and O–H groups in total. The Hall–Kier alpha value is -2.71. The van der Waals surface area contributed by atoms with E-state index in [4.69, 9.17) is 4.74 Å². The Bertz CT molecular complexity index is 793. The molecule has 1 aromatic heterocycles. The number of aromatic nitrogens is 2. The number of ether oxygens (including phenoxy) is 1. The van der Waals surface area contributed by atoms with Crippen LogP contribution in [0.5, 0.6) is 0 Å². The fourth-order valence-electron chi connectivity index (χ4n) is 2.77. The fraction of sp³-hybridized carbons (Fsp3) is 0.353. The van der Waals surface area contributed by atoms with E-state index in [9.17, 15) is 14.7 Å². The van der Waals surface area contributed by atoms with E-state index in [1.165, 1.54) is 16.8 Å². The van der Waals surface area contributed by atoms with Crippen LogP contribution in [0.4, 0.5) is 16.3 Å². The molecule has 1 fully saturated rings. The molecule has 132 valence electrons. The van der Waals surface area contributed by atoms with Crippen LogP contribution in [0.1, 0.15) is 19.6 Å². The average molecular weight is 344 g/mol. The summed E-state index contributed by atoms with van der Waals surface area (Å²) in [5.41, 5.74) is 0.116. The van der Waals surface area contributed by atoms with Gasteiger partial charge in [0, 0.05) is 11.9 Å². The van der Waals surface area contributed by atoms with Gasteiger partial charge in [-0.05, 0) is 30.5 Å². The predicted molar refractivity (Wildman–Crippen MR) is 92.4 cm³/mol. The normalized spacial score (nSPS) is 22.6. The lowest BCUT2D eigenvalue weighted by Gasteiger charge is -2.15. The van der Waals surface area contributed by atoms with Crippen molar-refractivity contribution in [3.8, 4) is 0 Å². The highest BCUT2D eigenvalue weighted by molar-refractivity contribution is 5.99. The molecule has 3 atom stereocenters. The van der Waals surface area contributed by atoms with E-state index in [0.717, 1.165) is 0 Å². The zero-order valence-electron chi connectivity index (χ0n) is 13.8. The van der Waals surface area contributed by atoms with Crippen LogP contribution in [0.15, 0.2) is 47.4 Å². The zero-order chi connectivity index (χ0) is 17.8. The Morgan fingerprint density at radius 1 is 1.32 bits per heavy atom. The number of amides is 2. The number of anilines is 2. The van der Waals surface area contributed by atoms with Gasteiger partial charge in [0.25, 0.3) is 0 Å². The van der Waals surface area contributed by atoms with E-state index in [0.29, 0.717) is 12.1 Å². The summed E-state index contributed by atoms with van der Waals surface area (Å²) < 4.78 is 7.03. The molecule has 8 nitrogen and oxygen atoms in total. The lowest BCUT2D eigenvalue weighted by Crippen LogP contribution is -2.29. The topological polar surface area (TPSA) is 105 Å². The predicted octanol–water partition coefficient (Wildman–Crippen LogP) is 1.80. The number of nitrogens with one attached hydrogen (secondary N) is 2. The Morgan fingerprint density at radius 2 is 2.08 bits per heavy atom. The molecule has 1 aliphatic heterocycles. The first-order valence-corrected chi connectivity index (χ1v) is 8.05. The maximum absolute atomic E-state index is 12.2. The Balaban J connectivity index is 1.66. The van der Waals surface area contributed by atoms with Gasteiger partial charge in [0.1, 0.15) is 12.0 Å². The maximum atomic E-state index is 12.2. The van der Waals surface area contributed by atoms with Crippen LogP contribution < -0.4 is 16.3 Å². The number of nitrogens with zero attached hydrogens (tertiary/aromatic N) is 2. The van der Waals surface area contributed by atoms with E-state index in [2.05, 4.69) is 15.6 Å². The van der Waals surface area contributed by atoms with Crippen molar-refractivity contribution >= 4 is 17.5 Å². The molecule has 2 amide bonds. The molecule has 2 heterocycles. The van der Waals surface area contributed by atoms with Gasteiger partial charge in [-0.15, -0.1) is 0 Å². The van der Waals surface area contributed by atoms with Crippen molar-refractivity contribution in [1.29, 1.82) is 0 Å². The van der Waals surface area contributed by atoms with Crippen molar-refractivity contribution in [3.63, 3.8) is 0 Å². The highest BCUT2D eigenvalue weighted by Crippen LogP contribution is 2.31. The van der Waals surface area contributed by atoms with Crippen molar-refractivity contribution < 1.29 is 14.6 Å². The number of hydrogen-bond acceptors (Lipinski definition) is 5. The standard InChI is InChI=1S/C17H20N4O4/c1-11-9-15(25-13(11)10-22)21-8-7-14(20-17(21)24)19-16(23)18-12-5-3-2-4-6-12/h2-8,11,13,15,22H,9-10H2,1H3,(H2,18,19,20,23,24)/t11?,13?,15-/m1/s1. The van der Waals surface area contributed by atoms with E-state index < -0.39 is 17.9 Å². The van der Waals surface area contributed by atoms with Crippen LogP contribution in [-0.2, 0) is 4.74 Å². The number of urea groups is 1. The third kappa shape index (κ3) is 4.04. The molecule has 8 heteroatoms. The first-order chi connectivity index (χ1) is 12.1. The second-order valence-corrected chi connectivity index (χ2v) is 5.97. The van der Waals surface area contributed by atoms with Crippen molar-refractivity contribution in [2.45, 2.75) is 25.7 Å². The average Bonchev–Trinajstić information content (AvgIpc) is 2.96. The first-order valence-electron chi connectivity index (χ1n) is 8.05. The van der Waals surface area contributed by atoms with Crippen molar-refractivity contribution in [2.24, 2.45) is 5.92 Å². The number of benzene rings is 1. The first kappa shape index (κ1) is 17.1. The molecular weight excluding hydrogens is 324 g/mol. The molecule has 3 rings (SSSR count). The van der Waals surface area contributed by atoms with Crippen molar-refractivity contribution in [2.75, 3.05) is 17.2 Å². The molecule has 2 aromatic rings. The number of para-hydroxylation sites is 1. The molecule has 0 radical (unpaired) electrons. The SMILES string of the molecule is CC1C[C@H](n2ccc(NC(=O)Nc3ccccc3)nc2=O)OC1CO. The fourth-order valence-corrected chi connectivity index (χ4v) is 2.77. The van der Waals surface area contributed by atoms with Crippen LogP contribution in [0.25, 0.3) is 0 Å². The van der Waals surface area contributed by atoms with Crippen LogP contribution in [0, 0.1) is 5.92 Å². The summed E-state index contributed by atoms with van der Waals surface area (Å²) >= 11 is 0. The number of aliphatic hydroxyl groups is 1. The van der Waals surface area contributed by atoms with Gasteiger partial charge in [0.15, 0.2) is 0 Å². The van der Waals surface area contributed by atoms with Gasteiger partial charge in [-0.2, -0.15) is 4.98 Å². The summed E-state index contributed by atoms with van der Waals surface area (Å²) in [4.78, 5) is 28.0. The van der Waals surface area contributed by atoms with Crippen molar-refractivity contribution in [3.05, 3.63) is 53.1 Å². The molecule has 1 aromatic carbocycles. The summed E-state index contributed by atoms with van der Waals surface area (Å²) in [7, 11) is 0. The molecule has 0 saturated carbocycles. The monoisotopic (exact) mass is 344 g/mol. The van der Waals surface area contributed by atoms with Crippen molar-refractivity contribution in [1.82, 2.24) is 9.55 Å². The van der Waals surface area contributed by atoms with Crippen LogP contribution >= 0.6 is 0 Å². The third-order valence-corrected chi connectivity index (χ3v) is 4.13. The summed E-state index contributed by atoms with van der Waals surface area (Å²) in [5.74, 6) is 0.302. The highest BCUT2D eigenvalue weighted by Gasteiger charge is 2.33. The molecule has 1 saturated heterocycles. The summed E-state index contributed by atoms with van der Waals surface area (Å²) in [6, 6.07) is 10.0. The van der Waals surface area contributed by atoms with E-state index in [1.807, 2.05) is 13.0 Å². The molecule has 0 aliphatic carbocycles. The van der Waals surface area contributed by atoms with E-state index in [1.54, 1.807) is 24.3 Å². The molecule has 1 aliphatic rings. The second-order valence-electron chi connectivity index (χ2n) is 5.97. The molecule has 25 heavy (non-hydrogen) atoms. The Labute approximate surface area is 144 Å². The minimum Gasteiger partial charge on any atom is -0.394 e. The Kier molecular flexibility index (Phi) is 5.11. The van der Waals surface area contributed by atoms with Gasteiger partial charge in [-0.3, -0.25) is 9.88 Å². The van der Waals surface area contributed by atoms with Crippen LogP contribution in [-0.4, -0.2) is 33.4 Å². The van der Waals surface area contributed by atoms with Crippen LogP contribution in [0.3, 0.4) is 0 Å². The molecule has 0 spiro atoms. The minimum absolute atomic E-state index is 0.0842. The van der Waals surface area contributed by atoms with Gasteiger partial charge >= 0.3 is 11.7 Å². The zero-order valence-corrected chi connectivity index (χ0v) is 13.8. The summed E-state index contributed by atoms with van der Waals surface area (Å²) in [5, 5.41) is 14.4. The van der Waals surface area contributed by atoms with Crippen LogP contribution in [0.2, 0.25) is 0 Å². The molecule has 0 bridgehead atoms. The van der Waals surface area contributed by atoms with Gasteiger partial charge in [0.05, 0.1) is 12.7 Å². The lowest BCUT2D eigenvalue weighted by molar-refractivity contribution is -0.0312. The number of aliphatic hydroxyl groups excluding tert-OH is 1. The number of rotatable bonds is 4. The largest absolute Gasteiger partial charge is 0.394 e. The summed E-state index contributed by atoms with van der Waals surface area (Å²) in [6.07, 6.45) is 1.41. The second kappa shape index (κ2) is 7.45. The van der Waals surface area contributed by atoms with Gasteiger partial charge in [0.2, 0.25) is 0 Å². The number of carbonyl (C=O) groups excluding carboxylic acids is 1.